The van der Waals surface area contributed by atoms with Gasteiger partial charge in [-0.05, 0) is 110 Å². The van der Waals surface area contributed by atoms with Gasteiger partial charge in [0.1, 0.15) is 35.7 Å². The Morgan fingerprint density at radius 2 is 1.21 bits per heavy atom. The smallest absolute Gasteiger partial charge is 0.326 e. The molecule has 5 atom stereocenters. The number of nitrogens with one attached hydrogen (secondary N) is 5. The predicted octanol–water partition coefficient (Wildman–Crippen LogP) is 4.76. The van der Waals surface area contributed by atoms with Gasteiger partial charge in [0, 0.05) is 50.5 Å². The number of benzene rings is 3. The molecule has 0 spiro atoms. The van der Waals surface area contributed by atoms with Crippen molar-refractivity contribution in [2.24, 2.45) is 38.5 Å². The van der Waals surface area contributed by atoms with Crippen molar-refractivity contribution in [2.75, 3.05) is 19.6 Å². The number of fused-ring (bicyclic) bond motifs is 1. The number of aliphatic hydroxyl groups excluding tert-OH is 1. The number of nitrogens with two attached hydrogens (primary N) is 3. The standard InChI is InChI=1S/C56H82N10O9/c1-34(2)28-44(49-47(68)32-56(5,6)33-48(49)69)61-26-11-9-16-41(57)50(70)65-45(30-36-20-23-40(67)24-21-36)53(73)64-42(17-10-12-25-60-35(3)4)51(71)63-43(18-13-27-62-55(58)59)52(72)66-46(54(74)75)31-37-19-22-38-14-7-8-15-39(38)29-37/h7-8,14-15,19-24,29,34-35,41-43,45-46,60,67-68H,9-13,16-18,25-28,30-33,57H2,1-6H3,(H,63,71)(H,64,73)(H,65,70)(H,66,72)(H,74,75)(H4,58,59,62)/t41-,42-,43+,45-,46-/m0/s1. The molecule has 4 rings (SSSR count). The van der Waals surface area contributed by atoms with Crippen molar-refractivity contribution in [3.8, 4) is 5.75 Å². The average Bonchev–Trinajstić information content (AvgIpc) is 3.33. The maximum absolute atomic E-state index is 14.4. The largest absolute Gasteiger partial charge is 0.511 e. The lowest BCUT2D eigenvalue weighted by molar-refractivity contribution is -0.142. The van der Waals surface area contributed by atoms with Crippen molar-refractivity contribution in [1.82, 2.24) is 26.6 Å². The van der Waals surface area contributed by atoms with Crippen LogP contribution in [0.4, 0.5) is 0 Å². The fraction of sp³-hybridized carbons (Fsp3) is 0.536. The molecule has 19 nitrogen and oxygen atoms in total. The molecule has 0 unspecified atom stereocenters. The number of guanidine groups is 1. The van der Waals surface area contributed by atoms with Gasteiger partial charge in [-0.1, -0.05) is 96.1 Å². The summed E-state index contributed by atoms with van der Waals surface area (Å²) in [7, 11) is 0. The number of hydrogen-bond donors (Lipinski definition) is 11. The monoisotopic (exact) mass is 1040 g/mol. The van der Waals surface area contributed by atoms with Gasteiger partial charge in [0.15, 0.2) is 11.7 Å². The van der Waals surface area contributed by atoms with Gasteiger partial charge in [-0.2, -0.15) is 0 Å². The Bertz CT molecular complexity index is 2500. The number of rotatable bonds is 31. The fourth-order valence-corrected chi connectivity index (χ4v) is 8.95. The van der Waals surface area contributed by atoms with Gasteiger partial charge in [0.25, 0.3) is 0 Å². The summed E-state index contributed by atoms with van der Waals surface area (Å²) in [5, 5.41) is 47.4. The number of ketones is 1. The van der Waals surface area contributed by atoms with Gasteiger partial charge in [0.2, 0.25) is 23.6 Å². The number of amides is 4. The molecular formula is C56H82N10O9. The van der Waals surface area contributed by atoms with E-state index in [0.29, 0.717) is 80.4 Å². The zero-order valence-electron chi connectivity index (χ0n) is 44.6. The normalized spacial score (nSPS) is 15.7. The second kappa shape index (κ2) is 29.9. The van der Waals surface area contributed by atoms with E-state index >= 15 is 0 Å². The van der Waals surface area contributed by atoms with Crippen LogP contribution in [0.5, 0.6) is 5.75 Å². The molecule has 3 aromatic carbocycles. The van der Waals surface area contributed by atoms with Crippen LogP contribution >= 0.6 is 0 Å². The molecule has 0 bridgehead atoms. The van der Waals surface area contributed by atoms with Gasteiger partial charge in [-0.3, -0.25) is 34.0 Å². The van der Waals surface area contributed by atoms with Gasteiger partial charge in [-0.15, -0.1) is 0 Å². The molecule has 410 valence electrons. The van der Waals surface area contributed by atoms with Crippen molar-refractivity contribution in [1.29, 1.82) is 0 Å². The number of aliphatic imine (C=N–C) groups is 2. The highest BCUT2D eigenvalue weighted by Gasteiger charge is 2.36. The van der Waals surface area contributed by atoms with E-state index in [1.54, 1.807) is 18.2 Å². The van der Waals surface area contributed by atoms with Crippen LogP contribution in [0.15, 0.2) is 88.0 Å². The summed E-state index contributed by atoms with van der Waals surface area (Å²) in [6.07, 6.45) is 3.90. The number of carbonyl (C=O) groups excluding carboxylic acids is 5. The van der Waals surface area contributed by atoms with Crippen LogP contribution < -0.4 is 43.8 Å². The molecule has 0 fully saturated rings. The van der Waals surface area contributed by atoms with E-state index in [4.69, 9.17) is 22.2 Å². The number of phenols is 1. The topological polar surface area (TPSA) is 326 Å². The minimum atomic E-state index is -1.36. The summed E-state index contributed by atoms with van der Waals surface area (Å²) in [5.74, 6) is -4.10. The van der Waals surface area contributed by atoms with Crippen LogP contribution in [0.1, 0.15) is 123 Å². The number of aromatic hydroxyl groups is 1. The Morgan fingerprint density at radius 1 is 0.653 bits per heavy atom. The SMILES string of the molecule is CC(C)CC(=NCCCC[C@H](N)C(=O)N[C@@H](Cc1ccc(O)cc1)C(=O)N[C@@H](CCCCNC(C)C)C(=O)N[C@H](CCCN=C(N)N)C(=O)N[C@@H](Cc1ccc2ccccc2c1)C(=O)O)C1=C(O)CC(C)(C)CC1=O. The zero-order valence-corrected chi connectivity index (χ0v) is 44.6. The lowest BCUT2D eigenvalue weighted by Gasteiger charge is -2.30. The number of carboxylic acids is 1. The van der Waals surface area contributed by atoms with Crippen LogP contribution in [0.3, 0.4) is 0 Å². The second-order valence-corrected chi connectivity index (χ2v) is 21.2. The number of aliphatic carboxylic acids is 1. The Labute approximate surface area is 441 Å². The van der Waals surface area contributed by atoms with E-state index in [2.05, 4.69) is 31.6 Å². The second-order valence-electron chi connectivity index (χ2n) is 21.2. The van der Waals surface area contributed by atoms with Gasteiger partial charge < -0.3 is 59.1 Å². The Hall–Kier alpha value is -6.86. The Kier molecular flexibility index (Phi) is 24.2. The van der Waals surface area contributed by atoms with Crippen LogP contribution in [-0.4, -0.2) is 118 Å². The minimum Gasteiger partial charge on any atom is -0.511 e. The molecule has 0 aliphatic heterocycles. The first kappa shape index (κ1) is 60.7. The summed E-state index contributed by atoms with van der Waals surface area (Å²) in [5.41, 5.74) is 19.3. The summed E-state index contributed by atoms with van der Waals surface area (Å²) >= 11 is 0. The molecule has 19 heteroatoms. The zero-order chi connectivity index (χ0) is 55.2. The van der Waals surface area contributed by atoms with E-state index in [0.717, 1.165) is 10.8 Å². The van der Waals surface area contributed by atoms with Crippen LogP contribution in [0.2, 0.25) is 0 Å². The summed E-state index contributed by atoms with van der Waals surface area (Å²) in [4.78, 5) is 91.2. The summed E-state index contributed by atoms with van der Waals surface area (Å²) in [6.45, 7) is 13.0. The highest BCUT2D eigenvalue weighted by Crippen LogP contribution is 2.37. The molecular weight excluding hydrogens is 957 g/mol. The van der Waals surface area contributed by atoms with Gasteiger partial charge >= 0.3 is 5.97 Å². The van der Waals surface area contributed by atoms with Gasteiger partial charge in [0.05, 0.1) is 11.6 Å². The minimum absolute atomic E-state index is 0.00164. The number of aliphatic hydroxyl groups is 1. The molecule has 3 aromatic rings. The van der Waals surface area contributed by atoms with E-state index in [-0.39, 0.29) is 85.7 Å². The highest BCUT2D eigenvalue weighted by atomic mass is 16.4. The predicted molar refractivity (Wildman–Crippen MR) is 293 cm³/mol. The number of hydrogen-bond acceptors (Lipinski definition) is 12. The number of carbonyl (C=O) groups is 6. The number of phenolic OH excluding ortho intramolecular Hbond substituents is 1. The van der Waals surface area contributed by atoms with E-state index in [9.17, 15) is 44.1 Å². The molecule has 0 saturated heterocycles. The summed E-state index contributed by atoms with van der Waals surface area (Å²) in [6, 6.07) is 13.4. The molecule has 0 heterocycles. The summed E-state index contributed by atoms with van der Waals surface area (Å²) < 4.78 is 0. The number of allylic oxidation sites excluding steroid dienone is 2. The molecule has 0 saturated carbocycles. The van der Waals surface area contributed by atoms with Crippen molar-refractivity contribution in [3.63, 3.8) is 0 Å². The maximum atomic E-state index is 14.4. The van der Waals surface area contributed by atoms with Crippen molar-refractivity contribution in [2.45, 2.75) is 161 Å². The van der Waals surface area contributed by atoms with E-state index in [1.807, 2.05) is 77.9 Å². The molecule has 0 aromatic heterocycles. The number of Topliss-reactive ketones (excluding diaryl/α,β-unsaturated/α-hetero) is 1. The highest BCUT2D eigenvalue weighted by molar-refractivity contribution is 6.23. The molecule has 75 heavy (non-hydrogen) atoms. The van der Waals surface area contributed by atoms with Crippen molar-refractivity contribution in [3.05, 3.63) is 89.2 Å². The van der Waals surface area contributed by atoms with Crippen LogP contribution in [0, 0.1) is 11.3 Å². The lowest BCUT2D eigenvalue weighted by Crippen LogP contribution is -2.59. The van der Waals surface area contributed by atoms with Gasteiger partial charge in [-0.25, -0.2) is 4.79 Å². The molecule has 1 aliphatic carbocycles. The third-order valence-corrected chi connectivity index (χ3v) is 12.9. The Morgan fingerprint density at radius 3 is 1.83 bits per heavy atom. The maximum Gasteiger partial charge on any atom is 0.326 e. The first-order valence-electron chi connectivity index (χ1n) is 26.2. The van der Waals surface area contributed by atoms with Crippen molar-refractivity contribution < 1.29 is 44.1 Å². The lowest BCUT2D eigenvalue weighted by atomic mass is 9.75. The van der Waals surface area contributed by atoms with Crippen LogP contribution in [-0.2, 0) is 41.6 Å². The first-order chi connectivity index (χ1) is 35.5. The first-order valence-corrected chi connectivity index (χ1v) is 26.2. The quantitative estimate of drug-likeness (QED) is 0.0236. The number of carboxylic acid groups (broad SMARTS) is 1. The third-order valence-electron chi connectivity index (χ3n) is 12.9. The molecule has 1 aliphatic rings. The van der Waals surface area contributed by atoms with E-state index < -0.39 is 59.8 Å². The number of unbranched alkanes of at least 4 members (excludes halogenated alkanes) is 2. The molecule has 0 radical (unpaired) electrons. The Balaban J connectivity index is 1.52. The molecule has 4 amide bonds. The number of nitrogens with zero attached hydrogens (tertiary/aromatic N) is 2. The molecule has 14 N–H and O–H groups in total. The average molecular weight is 1040 g/mol. The van der Waals surface area contributed by atoms with E-state index in [1.165, 1.54) is 12.1 Å². The third kappa shape index (κ3) is 21.1. The fourth-order valence-electron chi connectivity index (χ4n) is 8.95. The van der Waals surface area contributed by atoms with Crippen LogP contribution in [0.25, 0.3) is 10.8 Å². The van der Waals surface area contributed by atoms with Crippen molar-refractivity contribution >= 4 is 57.8 Å².